The van der Waals surface area contributed by atoms with Crippen molar-refractivity contribution >= 4 is 29.1 Å². The molecule has 0 radical (unpaired) electrons. The molecule has 8 heteroatoms. The molecule has 0 saturated carbocycles. The number of piperazine rings is 1. The van der Waals surface area contributed by atoms with Crippen molar-refractivity contribution in [2.24, 2.45) is 0 Å². The molecule has 1 aromatic rings. The van der Waals surface area contributed by atoms with Crippen LogP contribution in [0.25, 0.3) is 0 Å². The smallest absolute Gasteiger partial charge is 0.241 e. The van der Waals surface area contributed by atoms with Crippen LogP contribution in [0.2, 0.25) is 5.02 Å². The van der Waals surface area contributed by atoms with Gasteiger partial charge < -0.3 is 10.6 Å². The molecule has 0 aromatic heterocycles. The van der Waals surface area contributed by atoms with E-state index >= 15 is 0 Å². The molecule has 2 rings (SSSR count). The summed E-state index contributed by atoms with van der Waals surface area (Å²) in [5.41, 5.74) is 0.396. The Morgan fingerprint density at radius 1 is 1.29 bits per heavy atom. The van der Waals surface area contributed by atoms with Crippen molar-refractivity contribution in [1.29, 1.82) is 0 Å². The van der Waals surface area contributed by atoms with Crippen LogP contribution in [0.4, 0.5) is 10.1 Å². The number of nitrogens with one attached hydrogen (secondary N) is 2. The lowest BCUT2D eigenvalue weighted by Crippen LogP contribution is -2.54. The molecule has 1 heterocycles. The van der Waals surface area contributed by atoms with Gasteiger partial charge in [-0.3, -0.25) is 19.4 Å². The van der Waals surface area contributed by atoms with E-state index in [0.717, 1.165) is 13.1 Å². The highest BCUT2D eigenvalue weighted by Crippen LogP contribution is 2.23. The number of nitrogens with zero attached hydrogens (tertiary/aromatic N) is 2. The zero-order valence-corrected chi connectivity index (χ0v) is 14.6. The maximum Gasteiger partial charge on any atom is 0.241 e. The van der Waals surface area contributed by atoms with Gasteiger partial charge in [0.2, 0.25) is 11.8 Å². The average Bonchev–Trinajstić information content (AvgIpc) is 2.57. The van der Waals surface area contributed by atoms with Gasteiger partial charge in [-0.05, 0) is 25.1 Å². The van der Waals surface area contributed by atoms with Crippen LogP contribution in [0.15, 0.2) is 18.2 Å². The van der Waals surface area contributed by atoms with E-state index in [-0.39, 0.29) is 22.9 Å². The Balaban J connectivity index is 1.87. The van der Waals surface area contributed by atoms with Crippen molar-refractivity contribution < 1.29 is 14.0 Å². The number of benzene rings is 1. The van der Waals surface area contributed by atoms with Gasteiger partial charge in [0.15, 0.2) is 0 Å². The van der Waals surface area contributed by atoms with Crippen LogP contribution in [-0.4, -0.2) is 67.4 Å². The number of carbonyl (C=O) groups excluding carboxylic acids is 2. The number of likely N-dealkylation sites (N-methyl/N-ethyl adjacent to an activating group) is 1. The third-order valence-electron chi connectivity index (χ3n) is 4.17. The van der Waals surface area contributed by atoms with E-state index in [1.165, 1.54) is 18.2 Å². The van der Waals surface area contributed by atoms with E-state index in [0.29, 0.717) is 25.3 Å². The van der Waals surface area contributed by atoms with Gasteiger partial charge in [0.25, 0.3) is 0 Å². The number of halogens is 2. The number of hydrogen-bond acceptors (Lipinski definition) is 4. The number of carbonyl (C=O) groups is 2. The van der Waals surface area contributed by atoms with Gasteiger partial charge in [0.1, 0.15) is 5.82 Å². The minimum absolute atomic E-state index is 0.0137. The number of amides is 2. The Morgan fingerprint density at radius 3 is 2.54 bits per heavy atom. The first kappa shape index (κ1) is 18.6. The molecule has 2 N–H and O–H groups in total. The first-order valence-corrected chi connectivity index (χ1v) is 8.21. The van der Waals surface area contributed by atoms with Crippen molar-refractivity contribution in [3.63, 3.8) is 0 Å². The van der Waals surface area contributed by atoms with Crippen LogP contribution in [0.1, 0.15) is 6.92 Å². The summed E-state index contributed by atoms with van der Waals surface area (Å²) < 4.78 is 13.0. The fraction of sp³-hybridized carbons (Fsp3) is 0.500. The summed E-state index contributed by atoms with van der Waals surface area (Å²) in [4.78, 5) is 27.9. The molecule has 2 amide bonds. The topological polar surface area (TPSA) is 64.7 Å². The molecule has 0 unspecified atom stereocenters. The van der Waals surface area contributed by atoms with Crippen LogP contribution in [0, 0.1) is 5.82 Å². The molecule has 1 saturated heterocycles. The first-order chi connectivity index (χ1) is 11.4. The van der Waals surface area contributed by atoms with Crippen LogP contribution >= 0.6 is 11.6 Å². The van der Waals surface area contributed by atoms with Crippen molar-refractivity contribution in [3.8, 4) is 0 Å². The number of rotatable bonds is 5. The SMILES string of the molecule is CNC(=O)CN1CCN([C@@H](C)C(=O)Nc2ccc(F)cc2Cl)CC1. The lowest BCUT2D eigenvalue weighted by Gasteiger charge is -2.37. The lowest BCUT2D eigenvalue weighted by molar-refractivity contribution is -0.124. The number of hydrogen-bond donors (Lipinski definition) is 2. The average molecular weight is 357 g/mol. The summed E-state index contributed by atoms with van der Waals surface area (Å²) >= 11 is 5.93. The van der Waals surface area contributed by atoms with Gasteiger partial charge in [-0.1, -0.05) is 11.6 Å². The van der Waals surface area contributed by atoms with E-state index in [4.69, 9.17) is 11.6 Å². The highest BCUT2D eigenvalue weighted by molar-refractivity contribution is 6.33. The van der Waals surface area contributed by atoms with Gasteiger partial charge in [-0.25, -0.2) is 4.39 Å². The highest BCUT2D eigenvalue weighted by atomic mass is 35.5. The van der Waals surface area contributed by atoms with E-state index in [1.54, 1.807) is 7.05 Å². The molecule has 0 bridgehead atoms. The maximum absolute atomic E-state index is 13.0. The summed E-state index contributed by atoms with van der Waals surface area (Å²) in [7, 11) is 1.62. The van der Waals surface area contributed by atoms with Gasteiger partial charge >= 0.3 is 0 Å². The van der Waals surface area contributed by atoms with Gasteiger partial charge in [0.05, 0.1) is 23.3 Å². The lowest BCUT2D eigenvalue weighted by atomic mass is 10.2. The van der Waals surface area contributed by atoms with E-state index in [1.807, 2.05) is 11.8 Å². The predicted octanol–water partition coefficient (Wildman–Crippen LogP) is 1.17. The van der Waals surface area contributed by atoms with Crippen LogP contribution in [0.5, 0.6) is 0 Å². The van der Waals surface area contributed by atoms with Gasteiger partial charge in [0, 0.05) is 33.2 Å². The molecule has 1 aliphatic heterocycles. The van der Waals surface area contributed by atoms with Crippen molar-refractivity contribution in [2.45, 2.75) is 13.0 Å². The Kier molecular flexibility index (Phi) is 6.53. The number of anilines is 1. The zero-order valence-electron chi connectivity index (χ0n) is 13.8. The Bertz CT molecular complexity index is 606. The standard InChI is InChI=1S/C16H22ClFN4O2/c1-11(16(24)20-14-4-3-12(18)9-13(14)17)22-7-5-21(6-8-22)10-15(23)19-2/h3-4,9,11H,5-8,10H2,1-2H3,(H,19,23)(H,20,24)/t11-/m0/s1. The largest absolute Gasteiger partial charge is 0.358 e. The first-order valence-electron chi connectivity index (χ1n) is 7.83. The summed E-state index contributed by atoms with van der Waals surface area (Å²) in [6, 6.07) is 3.53. The fourth-order valence-electron chi connectivity index (χ4n) is 2.58. The third kappa shape index (κ3) is 4.90. The molecule has 24 heavy (non-hydrogen) atoms. The predicted molar refractivity (Wildman–Crippen MR) is 91.6 cm³/mol. The Hall–Kier alpha value is -1.70. The highest BCUT2D eigenvalue weighted by Gasteiger charge is 2.26. The van der Waals surface area contributed by atoms with E-state index in [2.05, 4.69) is 15.5 Å². The van der Waals surface area contributed by atoms with Gasteiger partial charge in [-0.15, -0.1) is 0 Å². The van der Waals surface area contributed by atoms with Crippen LogP contribution in [-0.2, 0) is 9.59 Å². The minimum Gasteiger partial charge on any atom is -0.358 e. The Labute approximate surface area is 145 Å². The van der Waals surface area contributed by atoms with Crippen molar-refractivity contribution in [1.82, 2.24) is 15.1 Å². The summed E-state index contributed by atoms with van der Waals surface area (Å²) in [5, 5.41) is 5.51. The van der Waals surface area contributed by atoms with E-state index < -0.39 is 5.82 Å². The molecule has 1 aromatic carbocycles. The summed E-state index contributed by atoms with van der Waals surface area (Å²) in [6.07, 6.45) is 0. The third-order valence-corrected chi connectivity index (χ3v) is 4.48. The minimum atomic E-state index is -0.446. The molecular weight excluding hydrogens is 335 g/mol. The van der Waals surface area contributed by atoms with Crippen molar-refractivity contribution in [3.05, 3.63) is 29.0 Å². The van der Waals surface area contributed by atoms with Crippen LogP contribution in [0.3, 0.4) is 0 Å². The quantitative estimate of drug-likeness (QED) is 0.831. The fourth-order valence-corrected chi connectivity index (χ4v) is 2.80. The maximum atomic E-state index is 13.0. The summed E-state index contributed by atoms with van der Waals surface area (Å²) in [6.45, 7) is 5.04. The van der Waals surface area contributed by atoms with Crippen molar-refractivity contribution in [2.75, 3.05) is 45.1 Å². The zero-order chi connectivity index (χ0) is 17.7. The van der Waals surface area contributed by atoms with Crippen LogP contribution < -0.4 is 10.6 Å². The second-order valence-electron chi connectivity index (χ2n) is 5.77. The molecule has 1 aliphatic rings. The summed E-state index contributed by atoms with van der Waals surface area (Å²) in [5.74, 6) is -0.651. The van der Waals surface area contributed by atoms with Gasteiger partial charge in [-0.2, -0.15) is 0 Å². The molecule has 132 valence electrons. The second-order valence-corrected chi connectivity index (χ2v) is 6.18. The molecule has 0 aliphatic carbocycles. The molecule has 0 spiro atoms. The second kappa shape index (κ2) is 8.41. The molecular formula is C16H22ClFN4O2. The monoisotopic (exact) mass is 356 g/mol. The normalized spacial score (nSPS) is 17.3. The van der Waals surface area contributed by atoms with E-state index in [9.17, 15) is 14.0 Å². The molecule has 6 nitrogen and oxygen atoms in total. The Morgan fingerprint density at radius 2 is 1.96 bits per heavy atom. The molecule has 1 atom stereocenters. The molecule has 1 fully saturated rings.